The molecule has 5 rings (SSSR count). The van der Waals surface area contributed by atoms with Gasteiger partial charge in [0.2, 0.25) is 11.8 Å². The van der Waals surface area contributed by atoms with Gasteiger partial charge in [0.25, 0.3) is 0 Å². The molecule has 6 atom stereocenters. The summed E-state index contributed by atoms with van der Waals surface area (Å²) in [5.41, 5.74) is 0.907. The van der Waals surface area contributed by atoms with Gasteiger partial charge in [-0.3, -0.25) is 9.59 Å². The average Bonchev–Trinajstić information content (AvgIpc) is 3.42. The molecule has 0 aromatic heterocycles. The van der Waals surface area contributed by atoms with Crippen LogP contribution in [0.15, 0.2) is 18.2 Å². The molecule has 3 aliphatic carbocycles. The molecule has 6 nitrogen and oxygen atoms in total. The van der Waals surface area contributed by atoms with Gasteiger partial charge in [-0.1, -0.05) is 18.9 Å². The Bertz CT molecular complexity index is 859. The maximum Gasteiger partial charge on any atom is 0.223 e. The highest BCUT2D eigenvalue weighted by Crippen LogP contribution is 2.55. The summed E-state index contributed by atoms with van der Waals surface area (Å²) in [6, 6.07) is 6.21. The van der Waals surface area contributed by atoms with E-state index in [1.54, 1.807) is 14.2 Å². The Morgan fingerprint density at radius 2 is 1.81 bits per heavy atom. The monoisotopic (exact) mass is 426 g/mol. The predicted octanol–water partition coefficient (Wildman–Crippen LogP) is 3.54. The molecular weight excluding hydrogens is 392 g/mol. The Labute approximate surface area is 184 Å². The Morgan fingerprint density at radius 3 is 2.45 bits per heavy atom. The normalized spacial score (nSPS) is 36.5. The highest BCUT2D eigenvalue weighted by Gasteiger charge is 2.55. The molecule has 2 amide bonds. The van der Waals surface area contributed by atoms with Crippen molar-refractivity contribution in [3.8, 4) is 11.5 Å². The predicted molar refractivity (Wildman–Crippen MR) is 117 cm³/mol. The van der Waals surface area contributed by atoms with Crippen molar-refractivity contribution in [2.24, 2.45) is 17.8 Å². The number of hydrogen-bond donors (Lipinski definition) is 2. The Kier molecular flexibility index (Phi) is 5.35. The van der Waals surface area contributed by atoms with E-state index >= 15 is 0 Å². The molecule has 1 aliphatic heterocycles. The standard InChI is InChI=1S/C25H34N2O4/c1-30-20-8-7-15(13-21(20)31-2)19-14-16(9-11-25(19)12-10-22(28)27-25)26-24(29)23-17-5-3-4-6-18(17)23/h7-8,13,16-19,23H,3-6,9-12,14H2,1-2H3,(H,26,29)(H,27,28)/t16-,17-,18+,19+,23?,25-/m0/s1. The van der Waals surface area contributed by atoms with Crippen LogP contribution in [0.5, 0.6) is 11.5 Å². The van der Waals surface area contributed by atoms with E-state index in [0.717, 1.165) is 31.2 Å². The lowest BCUT2D eigenvalue weighted by Crippen LogP contribution is -2.54. The third kappa shape index (κ3) is 3.68. The number of fused-ring (bicyclic) bond motifs is 1. The average molecular weight is 427 g/mol. The second-order valence-electron chi connectivity index (χ2n) is 9.99. The summed E-state index contributed by atoms with van der Waals surface area (Å²) in [6.07, 6.45) is 9.05. The summed E-state index contributed by atoms with van der Waals surface area (Å²) in [4.78, 5) is 25.2. The van der Waals surface area contributed by atoms with E-state index in [0.29, 0.717) is 29.8 Å². The first-order chi connectivity index (χ1) is 15.0. The van der Waals surface area contributed by atoms with Gasteiger partial charge in [-0.2, -0.15) is 0 Å². The zero-order chi connectivity index (χ0) is 21.6. The molecule has 1 heterocycles. The number of methoxy groups -OCH3 is 2. The molecule has 3 saturated carbocycles. The van der Waals surface area contributed by atoms with Crippen LogP contribution in [0.1, 0.15) is 69.3 Å². The minimum atomic E-state index is -0.231. The Balaban J connectivity index is 1.35. The van der Waals surface area contributed by atoms with Crippen LogP contribution in [0.2, 0.25) is 0 Å². The highest BCUT2D eigenvalue weighted by molar-refractivity contribution is 5.83. The lowest BCUT2D eigenvalue weighted by molar-refractivity contribution is -0.124. The number of nitrogens with one attached hydrogen (secondary N) is 2. The van der Waals surface area contributed by atoms with E-state index in [1.807, 2.05) is 12.1 Å². The minimum Gasteiger partial charge on any atom is -0.493 e. The molecule has 31 heavy (non-hydrogen) atoms. The molecule has 0 radical (unpaired) electrons. The number of ether oxygens (including phenoxy) is 2. The SMILES string of the molecule is COc1ccc([C@H]2C[C@@H](NC(=O)C3[C@H]4CCCC[C@@H]34)CC[C@]23CCC(=O)N3)cc1OC. The van der Waals surface area contributed by atoms with Crippen LogP contribution < -0.4 is 20.1 Å². The number of amides is 2. The third-order valence-electron chi connectivity index (χ3n) is 8.43. The second-order valence-corrected chi connectivity index (χ2v) is 9.99. The maximum absolute atomic E-state index is 13.0. The van der Waals surface area contributed by atoms with Crippen LogP contribution in [0.25, 0.3) is 0 Å². The van der Waals surface area contributed by atoms with Crippen LogP contribution in [-0.4, -0.2) is 37.6 Å². The molecule has 0 bridgehead atoms. The summed E-state index contributed by atoms with van der Waals surface area (Å²) in [7, 11) is 3.28. The van der Waals surface area contributed by atoms with Crippen molar-refractivity contribution in [1.29, 1.82) is 0 Å². The second kappa shape index (κ2) is 8.03. The smallest absolute Gasteiger partial charge is 0.223 e. The molecule has 1 spiro atoms. The molecule has 4 aliphatic rings. The van der Waals surface area contributed by atoms with Crippen LogP contribution >= 0.6 is 0 Å². The first kappa shape index (κ1) is 20.7. The number of carbonyl (C=O) groups excluding carboxylic acids is 2. The summed E-state index contributed by atoms with van der Waals surface area (Å²) >= 11 is 0. The van der Waals surface area contributed by atoms with Crippen molar-refractivity contribution < 1.29 is 19.1 Å². The first-order valence-electron chi connectivity index (χ1n) is 11.9. The molecule has 6 heteroatoms. The van der Waals surface area contributed by atoms with Crippen molar-refractivity contribution in [3.05, 3.63) is 23.8 Å². The van der Waals surface area contributed by atoms with Crippen LogP contribution in [0.4, 0.5) is 0 Å². The van der Waals surface area contributed by atoms with Crippen LogP contribution in [0.3, 0.4) is 0 Å². The first-order valence-corrected chi connectivity index (χ1v) is 11.9. The lowest BCUT2D eigenvalue weighted by atomic mass is 9.67. The van der Waals surface area contributed by atoms with Gasteiger partial charge in [0.05, 0.1) is 14.2 Å². The van der Waals surface area contributed by atoms with E-state index < -0.39 is 0 Å². The van der Waals surface area contributed by atoms with Gasteiger partial charge in [0, 0.05) is 29.8 Å². The molecule has 4 fully saturated rings. The van der Waals surface area contributed by atoms with Crippen molar-refractivity contribution >= 4 is 11.8 Å². The highest BCUT2D eigenvalue weighted by atomic mass is 16.5. The minimum absolute atomic E-state index is 0.134. The molecular formula is C25H34N2O4. The van der Waals surface area contributed by atoms with Gasteiger partial charge in [-0.25, -0.2) is 0 Å². The zero-order valence-corrected chi connectivity index (χ0v) is 18.6. The number of rotatable bonds is 5. The lowest BCUT2D eigenvalue weighted by Gasteiger charge is -2.45. The topological polar surface area (TPSA) is 76.7 Å². The molecule has 1 aromatic carbocycles. The van der Waals surface area contributed by atoms with Gasteiger partial charge >= 0.3 is 0 Å². The van der Waals surface area contributed by atoms with E-state index in [1.165, 1.54) is 25.7 Å². The van der Waals surface area contributed by atoms with Crippen LogP contribution in [0, 0.1) is 17.8 Å². The number of hydrogen-bond acceptors (Lipinski definition) is 4. The van der Waals surface area contributed by atoms with Gasteiger partial charge in [0.1, 0.15) is 0 Å². The van der Waals surface area contributed by atoms with Crippen molar-refractivity contribution in [3.63, 3.8) is 0 Å². The molecule has 168 valence electrons. The summed E-state index contributed by atoms with van der Waals surface area (Å²) in [5.74, 6) is 3.43. The fraction of sp³-hybridized carbons (Fsp3) is 0.680. The summed E-state index contributed by atoms with van der Waals surface area (Å²) < 4.78 is 11.0. The summed E-state index contributed by atoms with van der Waals surface area (Å²) in [5, 5.41) is 6.71. The Hall–Kier alpha value is -2.24. The molecule has 2 N–H and O–H groups in total. The summed E-state index contributed by atoms with van der Waals surface area (Å²) in [6.45, 7) is 0. The van der Waals surface area contributed by atoms with Gasteiger partial charge in [-0.05, 0) is 68.1 Å². The maximum atomic E-state index is 13.0. The van der Waals surface area contributed by atoms with E-state index in [4.69, 9.17) is 9.47 Å². The van der Waals surface area contributed by atoms with E-state index in [-0.39, 0.29) is 35.2 Å². The van der Waals surface area contributed by atoms with Gasteiger partial charge in [-0.15, -0.1) is 0 Å². The van der Waals surface area contributed by atoms with Gasteiger partial charge in [0.15, 0.2) is 11.5 Å². The largest absolute Gasteiger partial charge is 0.493 e. The van der Waals surface area contributed by atoms with Gasteiger partial charge < -0.3 is 20.1 Å². The zero-order valence-electron chi connectivity index (χ0n) is 18.6. The van der Waals surface area contributed by atoms with Crippen molar-refractivity contribution in [2.75, 3.05) is 14.2 Å². The van der Waals surface area contributed by atoms with Crippen molar-refractivity contribution in [2.45, 2.75) is 75.3 Å². The van der Waals surface area contributed by atoms with E-state index in [2.05, 4.69) is 16.7 Å². The number of carbonyl (C=O) groups is 2. The van der Waals surface area contributed by atoms with E-state index in [9.17, 15) is 9.59 Å². The molecule has 1 saturated heterocycles. The fourth-order valence-electron chi connectivity index (χ4n) is 6.76. The fourth-order valence-corrected chi connectivity index (χ4v) is 6.76. The van der Waals surface area contributed by atoms with Crippen molar-refractivity contribution in [1.82, 2.24) is 10.6 Å². The molecule has 1 unspecified atom stereocenters. The van der Waals surface area contributed by atoms with Crippen LogP contribution in [-0.2, 0) is 9.59 Å². The molecule has 1 aromatic rings. The quantitative estimate of drug-likeness (QED) is 0.755. The third-order valence-corrected chi connectivity index (χ3v) is 8.43. The Morgan fingerprint density at radius 1 is 1.06 bits per heavy atom. The number of benzene rings is 1.